The van der Waals surface area contributed by atoms with E-state index in [9.17, 15) is 18.7 Å². The summed E-state index contributed by atoms with van der Waals surface area (Å²) in [6.45, 7) is 7.68. The van der Waals surface area contributed by atoms with Crippen molar-refractivity contribution in [2.24, 2.45) is 11.7 Å². The highest BCUT2D eigenvalue weighted by atomic mass is 35.5. The van der Waals surface area contributed by atoms with Gasteiger partial charge in [-0.2, -0.15) is 0 Å². The summed E-state index contributed by atoms with van der Waals surface area (Å²) in [5, 5.41) is 10.5. The molecule has 3 N–H and O–H groups in total. The Hall–Kier alpha value is -3.24. The van der Waals surface area contributed by atoms with E-state index < -0.39 is 11.9 Å². The van der Waals surface area contributed by atoms with E-state index >= 15 is 0 Å². The Labute approximate surface area is 263 Å². The number of nitrogens with zero attached hydrogens (tertiary/aromatic N) is 3. The number of amides is 1. The first-order chi connectivity index (χ1) is 21.2. The van der Waals surface area contributed by atoms with Crippen LogP contribution >= 0.6 is 11.6 Å². The van der Waals surface area contributed by atoms with Crippen molar-refractivity contribution in [3.8, 4) is 22.6 Å². The quantitative estimate of drug-likeness (QED) is 0.317. The standard InChI is InChI=1S/C34H41ClF2N4O3/c1-2-44-32-5-3-4-31(37)30(32)22-40-14-16-41(17-15-40)34(43)33(38)23-8-11-39(12-9-23)13-10-24-18-26(35)6-7-29(24)25-19-27(36)21-28(42)20-25/h3-7,18-21,23,33,42H,2,8-17,22,38H2,1H3/t33-/m1/s1. The minimum Gasteiger partial charge on any atom is -0.508 e. The van der Waals surface area contributed by atoms with Crippen LogP contribution in [0.2, 0.25) is 5.02 Å². The molecule has 1 atom stereocenters. The SMILES string of the molecule is CCOc1cccc(F)c1CN1CCN(C(=O)[C@H](N)C2CCN(CCc3cc(Cl)ccc3-c3cc(O)cc(F)c3)CC2)CC1. The van der Waals surface area contributed by atoms with Crippen molar-refractivity contribution in [3.63, 3.8) is 0 Å². The Morgan fingerprint density at radius 1 is 1.02 bits per heavy atom. The topological polar surface area (TPSA) is 82.3 Å². The largest absolute Gasteiger partial charge is 0.508 e. The van der Waals surface area contributed by atoms with Gasteiger partial charge in [0.1, 0.15) is 23.1 Å². The zero-order valence-electron chi connectivity index (χ0n) is 25.2. The average Bonchev–Trinajstić information content (AvgIpc) is 3.01. The molecule has 2 saturated heterocycles. The van der Waals surface area contributed by atoms with Crippen molar-refractivity contribution >= 4 is 17.5 Å². The van der Waals surface area contributed by atoms with Gasteiger partial charge in [-0.3, -0.25) is 9.69 Å². The number of carbonyl (C=O) groups is 1. The van der Waals surface area contributed by atoms with Crippen molar-refractivity contribution < 1.29 is 23.4 Å². The second-order valence-electron chi connectivity index (χ2n) is 11.7. The molecule has 2 heterocycles. The summed E-state index contributed by atoms with van der Waals surface area (Å²) in [7, 11) is 0. The number of halogens is 3. The smallest absolute Gasteiger partial charge is 0.239 e. The van der Waals surface area contributed by atoms with Crippen LogP contribution in [0.4, 0.5) is 8.78 Å². The normalized spacial score (nSPS) is 17.5. The molecule has 3 aromatic carbocycles. The minimum atomic E-state index is -0.542. The lowest BCUT2D eigenvalue weighted by molar-refractivity contribution is -0.136. The molecule has 5 rings (SSSR count). The van der Waals surface area contributed by atoms with Crippen LogP contribution < -0.4 is 10.5 Å². The molecule has 0 spiro atoms. The molecule has 1 amide bonds. The molecule has 0 radical (unpaired) electrons. The molecule has 236 valence electrons. The molecule has 0 bridgehead atoms. The maximum absolute atomic E-state index is 14.5. The van der Waals surface area contributed by atoms with E-state index in [0.29, 0.717) is 67.7 Å². The lowest BCUT2D eigenvalue weighted by Crippen LogP contribution is -2.55. The van der Waals surface area contributed by atoms with Gasteiger partial charge in [0.05, 0.1) is 12.6 Å². The average molecular weight is 627 g/mol. The van der Waals surface area contributed by atoms with E-state index in [2.05, 4.69) is 9.80 Å². The third-order valence-corrected chi connectivity index (χ3v) is 9.06. The molecular formula is C34H41ClF2N4O3. The first-order valence-electron chi connectivity index (χ1n) is 15.4. The number of ether oxygens (including phenoxy) is 1. The van der Waals surface area contributed by atoms with Crippen LogP contribution in [0.3, 0.4) is 0 Å². The second kappa shape index (κ2) is 14.7. The van der Waals surface area contributed by atoms with Crippen molar-refractivity contribution in [2.75, 3.05) is 52.4 Å². The zero-order chi connectivity index (χ0) is 31.2. The van der Waals surface area contributed by atoms with Gasteiger partial charge in [-0.05, 0) is 98.3 Å². The highest BCUT2D eigenvalue weighted by molar-refractivity contribution is 6.30. The number of phenols is 1. The monoisotopic (exact) mass is 626 g/mol. The number of likely N-dealkylation sites (tertiary alicyclic amines) is 1. The van der Waals surface area contributed by atoms with E-state index in [1.54, 1.807) is 24.3 Å². The summed E-state index contributed by atoms with van der Waals surface area (Å²) in [6.07, 6.45) is 2.38. The maximum atomic E-state index is 14.5. The van der Waals surface area contributed by atoms with Gasteiger partial charge in [0.25, 0.3) is 0 Å². The number of piperidine rings is 1. The van der Waals surface area contributed by atoms with Crippen molar-refractivity contribution in [1.29, 1.82) is 0 Å². The summed E-state index contributed by atoms with van der Waals surface area (Å²) < 4.78 is 34.1. The highest BCUT2D eigenvalue weighted by Gasteiger charge is 2.33. The Bertz CT molecular complexity index is 1420. The molecule has 0 saturated carbocycles. The van der Waals surface area contributed by atoms with Gasteiger partial charge < -0.3 is 25.4 Å². The number of hydrogen-bond donors (Lipinski definition) is 2. The predicted octanol–water partition coefficient (Wildman–Crippen LogP) is 5.32. The highest BCUT2D eigenvalue weighted by Crippen LogP contribution is 2.31. The third kappa shape index (κ3) is 7.88. The van der Waals surface area contributed by atoms with Crippen LogP contribution in [0.1, 0.15) is 30.9 Å². The fourth-order valence-corrected chi connectivity index (χ4v) is 6.53. The summed E-state index contributed by atoms with van der Waals surface area (Å²) in [6, 6.07) is 14.0. The van der Waals surface area contributed by atoms with Gasteiger partial charge in [0.2, 0.25) is 5.91 Å². The van der Waals surface area contributed by atoms with Crippen LogP contribution in [0.25, 0.3) is 11.1 Å². The van der Waals surface area contributed by atoms with Crippen LogP contribution in [0.5, 0.6) is 11.5 Å². The third-order valence-electron chi connectivity index (χ3n) is 8.82. The Balaban J connectivity index is 1.10. The van der Waals surface area contributed by atoms with Crippen LogP contribution in [-0.4, -0.2) is 84.2 Å². The fraction of sp³-hybridized carbons (Fsp3) is 0.441. The summed E-state index contributed by atoms with van der Waals surface area (Å²) in [5.74, 6) is -0.211. The summed E-state index contributed by atoms with van der Waals surface area (Å²) in [4.78, 5) is 19.7. The number of carbonyl (C=O) groups excluding carboxylic acids is 1. The van der Waals surface area contributed by atoms with Gasteiger partial charge in [0.15, 0.2) is 0 Å². The molecule has 2 fully saturated rings. The number of benzene rings is 3. The summed E-state index contributed by atoms with van der Waals surface area (Å²) >= 11 is 6.29. The predicted molar refractivity (Wildman–Crippen MR) is 169 cm³/mol. The van der Waals surface area contributed by atoms with Gasteiger partial charge in [-0.1, -0.05) is 23.7 Å². The van der Waals surface area contributed by atoms with Crippen molar-refractivity contribution in [2.45, 2.75) is 38.8 Å². The number of rotatable bonds is 10. The van der Waals surface area contributed by atoms with Crippen LogP contribution in [-0.2, 0) is 17.8 Å². The Kier molecular flexibility index (Phi) is 10.7. The first-order valence-corrected chi connectivity index (χ1v) is 15.8. The molecule has 10 heteroatoms. The number of phenolic OH excluding ortho intramolecular Hbond substituents is 1. The lowest BCUT2D eigenvalue weighted by atomic mass is 9.88. The Morgan fingerprint density at radius 3 is 2.48 bits per heavy atom. The molecule has 0 aliphatic carbocycles. The molecule has 3 aromatic rings. The van der Waals surface area contributed by atoms with E-state index in [1.807, 2.05) is 24.0 Å². The molecule has 44 heavy (non-hydrogen) atoms. The lowest BCUT2D eigenvalue weighted by Gasteiger charge is -2.39. The molecule has 0 unspecified atom stereocenters. The number of nitrogens with two attached hydrogens (primary N) is 1. The second-order valence-corrected chi connectivity index (χ2v) is 12.1. The van der Waals surface area contributed by atoms with E-state index in [0.717, 1.165) is 49.7 Å². The molecule has 2 aliphatic heterocycles. The summed E-state index contributed by atoms with van der Waals surface area (Å²) in [5.41, 5.74) is 9.53. The fourth-order valence-electron chi connectivity index (χ4n) is 6.34. The van der Waals surface area contributed by atoms with Crippen molar-refractivity contribution in [3.05, 3.63) is 82.4 Å². The number of aromatic hydroxyl groups is 1. The maximum Gasteiger partial charge on any atom is 0.239 e. The van der Waals surface area contributed by atoms with Gasteiger partial charge in [0, 0.05) is 55.9 Å². The molecule has 7 nitrogen and oxygen atoms in total. The molecule has 2 aliphatic rings. The minimum absolute atomic E-state index is 0.00841. The van der Waals surface area contributed by atoms with Crippen molar-refractivity contribution in [1.82, 2.24) is 14.7 Å². The zero-order valence-corrected chi connectivity index (χ0v) is 25.9. The number of piperazine rings is 1. The van der Waals surface area contributed by atoms with Gasteiger partial charge in [-0.15, -0.1) is 0 Å². The van der Waals surface area contributed by atoms with Crippen LogP contribution in [0.15, 0.2) is 54.6 Å². The molecule has 0 aromatic heterocycles. The van der Waals surface area contributed by atoms with E-state index in [4.69, 9.17) is 22.1 Å². The van der Waals surface area contributed by atoms with E-state index in [1.165, 1.54) is 12.1 Å². The molecular weight excluding hydrogens is 586 g/mol. The van der Waals surface area contributed by atoms with E-state index in [-0.39, 0.29) is 23.4 Å². The Morgan fingerprint density at radius 2 is 1.77 bits per heavy atom. The van der Waals surface area contributed by atoms with Gasteiger partial charge >= 0.3 is 0 Å². The van der Waals surface area contributed by atoms with Gasteiger partial charge in [-0.25, -0.2) is 8.78 Å². The number of hydrogen-bond acceptors (Lipinski definition) is 6. The first kappa shape index (κ1) is 32.2. The van der Waals surface area contributed by atoms with Crippen LogP contribution in [0, 0.1) is 17.6 Å².